The average molecular weight is 326 g/mol. The highest BCUT2D eigenvalue weighted by Crippen LogP contribution is 2.20. The third-order valence-corrected chi connectivity index (χ3v) is 4.18. The van der Waals surface area contributed by atoms with E-state index in [-0.39, 0.29) is 5.91 Å². The van der Waals surface area contributed by atoms with Gasteiger partial charge in [-0.3, -0.25) is 4.79 Å². The van der Waals surface area contributed by atoms with E-state index < -0.39 is 0 Å². The fourth-order valence-electron chi connectivity index (χ4n) is 1.53. The molecule has 0 unspecified atom stereocenters. The molecule has 1 aromatic heterocycles. The molecule has 1 amide bonds. The Morgan fingerprint density at radius 1 is 1.50 bits per heavy atom. The highest BCUT2D eigenvalue weighted by atomic mass is 79.9. The number of hydrogen-bond donors (Lipinski definition) is 2. The molecule has 3 N–H and O–H groups in total. The summed E-state index contributed by atoms with van der Waals surface area (Å²) in [7, 11) is 0. The number of carbonyl (C=O) groups excluding carboxylic acids is 1. The highest BCUT2D eigenvalue weighted by Gasteiger charge is 2.13. The molecule has 2 rings (SSSR count). The van der Waals surface area contributed by atoms with Crippen LogP contribution >= 0.6 is 27.3 Å². The first-order valence-corrected chi connectivity index (χ1v) is 6.93. The summed E-state index contributed by atoms with van der Waals surface area (Å²) in [6, 6.07) is 7.77. The first-order valence-electron chi connectivity index (χ1n) is 5.32. The number of thiazole rings is 1. The van der Waals surface area contributed by atoms with Crippen LogP contribution in [0.3, 0.4) is 0 Å². The van der Waals surface area contributed by atoms with Crippen molar-refractivity contribution in [2.45, 2.75) is 13.5 Å². The zero-order chi connectivity index (χ0) is 13.1. The summed E-state index contributed by atoms with van der Waals surface area (Å²) in [5, 5.41) is 3.27. The SMILES string of the molecule is Cc1nc(N)sc1C(=O)NCc1ccccc1Br. The van der Waals surface area contributed by atoms with Gasteiger partial charge in [0, 0.05) is 11.0 Å². The van der Waals surface area contributed by atoms with Gasteiger partial charge in [-0.15, -0.1) is 0 Å². The summed E-state index contributed by atoms with van der Waals surface area (Å²) < 4.78 is 0.978. The minimum atomic E-state index is -0.141. The van der Waals surface area contributed by atoms with Crippen LogP contribution < -0.4 is 11.1 Å². The van der Waals surface area contributed by atoms with Crippen molar-refractivity contribution in [1.29, 1.82) is 0 Å². The van der Waals surface area contributed by atoms with Gasteiger partial charge in [-0.1, -0.05) is 45.5 Å². The van der Waals surface area contributed by atoms with E-state index >= 15 is 0 Å². The predicted octanol–water partition coefficient (Wildman–Crippen LogP) is 2.73. The molecule has 18 heavy (non-hydrogen) atoms. The lowest BCUT2D eigenvalue weighted by Crippen LogP contribution is -2.22. The van der Waals surface area contributed by atoms with E-state index in [1.165, 1.54) is 11.3 Å². The van der Waals surface area contributed by atoms with Gasteiger partial charge >= 0.3 is 0 Å². The third-order valence-electron chi connectivity index (χ3n) is 2.42. The molecule has 1 heterocycles. The van der Waals surface area contributed by atoms with Crippen LogP contribution in [0, 0.1) is 6.92 Å². The number of nitrogen functional groups attached to an aromatic ring is 1. The molecule has 4 nitrogen and oxygen atoms in total. The number of aromatic nitrogens is 1. The zero-order valence-electron chi connectivity index (χ0n) is 9.74. The number of rotatable bonds is 3. The highest BCUT2D eigenvalue weighted by molar-refractivity contribution is 9.10. The Balaban J connectivity index is 2.05. The Morgan fingerprint density at radius 3 is 2.83 bits per heavy atom. The molecule has 0 bridgehead atoms. The molecular formula is C12H12BrN3OS. The summed E-state index contributed by atoms with van der Waals surface area (Å²) in [6.45, 7) is 2.25. The van der Waals surface area contributed by atoms with Crippen LogP contribution in [-0.2, 0) is 6.54 Å². The van der Waals surface area contributed by atoms with Gasteiger partial charge in [-0.2, -0.15) is 0 Å². The minimum Gasteiger partial charge on any atom is -0.375 e. The second-order valence-electron chi connectivity index (χ2n) is 3.74. The molecule has 6 heteroatoms. The Bertz CT molecular complexity index is 582. The summed E-state index contributed by atoms with van der Waals surface area (Å²) in [5.74, 6) is -0.141. The van der Waals surface area contributed by atoms with E-state index in [0.29, 0.717) is 22.2 Å². The minimum absolute atomic E-state index is 0.141. The smallest absolute Gasteiger partial charge is 0.263 e. The van der Waals surface area contributed by atoms with Crippen LogP contribution in [0.5, 0.6) is 0 Å². The van der Waals surface area contributed by atoms with Gasteiger partial charge in [0.05, 0.1) is 5.69 Å². The number of anilines is 1. The summed E-state index contributed by atoms with van der Waals surface area (Å²) in [5.41, 5.74) is 7.27. The third kappa shape index (κ3) is 2.88. The second kappa shape index (κ2) is 5.49. The van der Waals surface area contributed by atoms with Crippen molar-refractivity contribution in [3.8, 4) is 0 Å². The number of carbonyl (C=O) groups is 1. The molecule has 0 saturated heterocycles. The standard InChI is InChI=1S/C12H12BrN3OS/c1-7-10(18-12(14)16-7)11(17)15-6-8-4-2-3-5-9(8)13/h2-5H,6H2,1H3,(H2,14,16)(H,15,17). The molecule has 1 aromatic carbocycles. The van der Waals surface area contributed by atoms with E-state index in [1.807, 2.05) is 24.3 Å². The van der Waals surface area contributed by atoms with Crippen molar-refractivity contribution in [2.75, 3.05) is 5.73 Å². The van der Waals surface area contributed by atoms with Crippen molar-refractivity contribution in [1.82, 2.24) is 10.3 Å². The molecule has 0 saturated carbocycles. The molecule has 94 valence electrons. The van der Waals surface area contributed by atoms with Crippen LogP contribution in [-0.4, -0.2) is 10.9 Å². The van der Waals surface area contributed by atoms with Crippen LogP contribution in [0.15, 0.2) is 28.7 Å². The van der Waals surface area contributed by atoms with Gasteiger partial charge in [0.2, 0.25) is 0 Å². The van der Waals surface area contributed by atoms with E-state index in [0.717, 1.165) is 10.0 Å². The fraction of sp³-hybridized carbons (Fsp3) is 0.167. The first kappa shape index (κ1) is 13.0. The lowest BCUT2D eigenvalue weighted by Gasteiger charge is -2.06. The van der Waals surface area contributed by atoms with Crippen molar-refractivity contribution >= 4 is 38.3 Å². The molecule has 0 spiro atoms. The van der Waals surface area contributed by atoms with Crippen LogP contribution in [0.1, 0.15) is 20.9 Å². The Hall–Kier alpha value is -1.40. The molecule has 2 aromatic rings. The van der Waals surface area contributed by atoms with Crippen molar-refractivity contribution in [3.63, 3.8) is 0 Å². The Labute approximate surface area is 117 Å². The zero-order valence-corrected chi connectivity index (χ0v) is 12.1. The second-order valence-corrected chi connectivity index (χ2v) is 5.63. The number of benzene rings is 1. The number of nitrogens with two attached hydrogens (primary N) is 1. The topological polar surface area (TPSA) is 68.0 Å². The molecular weight excluding hydrogens is 314 g/mol. The van der Waals surface area contributed by atoms with Crippen molar-refractivity contribution < 1.29 is 4.79 Å². The van der Waals surface area contributed by atoms with E-state index in [1.54, 1.807) is 6.92 Å². The molecule has 0 radical (unpaired) electrons. The number of hydrogen-bond acceptors (Lipinski definition) is 4. The number of amides is 1. The maximum Gasteiger partial charge on any atom is 0.263 e. The number of nitrogens with one attached hydrogen (secondary N) is 1. The van der Waals surface area contributed by atoms with Crippen LogP contribution in [0.2, 0.25) is 0 Å². The first-order chi connectivity index (χ1) is 8.58. The van der Waals surface area contributed by atoms with Gasteiger partial charge in [0.25, 0.3) is 5.91 Å². The van der Waals surface area contributed by atoms with Crippen LogP contribution in [0.25, 0.3) is 0 Å². The lowest BCUT2D eigenvalue weighted by molar-refractivity contribution is 0.0954. The van der Waals surface area contributed by atoms with Gasteiger partial charge < -0.3 is 11.1 Å². The summed E-state index contributed by atoms with van der Waals surface area (Å²) in [6.07, 6.45) is 0. The van der Waals surface area contributed by atoms with Gasteiger partial charge in [0.1, 0.15) is 4.88 Å². The van der Waals surface area contributed by atoms with Gasteiger partial charge in [-0.05, 0) is 18.6 Å². The largest absolute Gasteiger partial charge is 0.375 e. The average Bonchev–Trinajstić information content (AvgIpc) is 2.67. The number of halogens is 1. The molecule has 0 aliphatic carbocycles. The Kier molecular flexibility index (Phi) is 3.98. The molecule has 0 fully saturated rings. The maximum atomic E-state index is 12.0. The molecule has 0 aliphatic rings. The normalized spacial score (nSPS) is 10.3. The van der Waals surface area contributed by atoms with Gasteiger partial charge in [0.15, 0.2) is 5.13 Å². The number of aryl methyl sites for hydroxylation is 1. The number of nitrogens with zero attached hydrogens (tertiary/aromatic N) is 1. The lowest BCUT2D eigenvalue weighted by atomic mass is 10.2. The monoisotopic (exact) mass is 325 g/mol. The van der Waals surface area contributed by atoms with E-state index in [2.05, 4.69) is 26.2 Å². The van der Waals surface area contributed by atoms with E-state index in [9.17, 15) is 4.79 Å². The predicted molar refractivity (Wildman–Crippen MR) is 76.6 cm³/mol. The Morgan fingerprint density at radius 2 is 2.22 bits per heavy atom. The maximum absolute atomic E-state index is 12.0. The molecule has 0 atom stereocenters. The van der Waals surface area contributed by atoms with Crippen molar-refractivity contribution in [3.05, 3.63) is 44.9 Å². The summed E-state index contributed by atoms with van der Waals surface area (Å²) in [4.78, 5) is 16.6. The van der Waals surface area contributed by atoms with Crippen LogP contribution in [0.4, 0.5) is 5.13 Å². The summed E-state index contributed by atoms with van der Waals surface area (Å²) >= 11 is 4.64. The molecule has 0 aliphatic heterocycles. The quantitative estimate of drug-likeness (QED) is 0.911. The fourth-order valence-corrected chi connectivity index (χ4v) is 2.70. The van der Waals surface area contributed by atoms with E-state index in [4.69, 9.17) is 5.73 Å². The van der Waals surface area contributed by atoms with Gasteiger partial charge in [-0.25, -0.2) is 4.98 Å². The van der Waals surface area contributed by atoms with Crippen molar-refractivity contribution in [2.24, 2.45) is 0 Å².